The van der Waals surface area contributed by atoms with Crippen LogP contribution >= 0.6 is 11.6 Å². The van der Waals surface area contributed by atoms with E-state index in [4.69, 9.17) is 16.7 Å². The van der Waals surface area contributed by atoms with Crippen LogP contribution in [-0.4, -0.2) is 33.0 Å². The summed E-state index contributed by atoms with van der Waals surface area (Å²) < 4.78 is 0. The lowest BCUT2D eigenvalue weighted by molar-refractivity contribution is -0.168. The molecule has 0 aliphatic rings. The predicted molar refractivity (Wildman–Crippen MR) is 59.4 cm³/mol. The van der Waals surface area contributed by atoms with Crippen LogP contribution in [0.4, 0.5) is 0 Å². The highest BCUT2D eigenvalue weighted by molar-refractivity contribution is 6.31. The topological polar surface area (TPSA) is 77.8 Å². The van der Waals surface area contributed by atoms with Crippen molar-refractivity contribution in [1.82, 2.24) is 0 Å². The van der Waals surface area contributed by atoms with Gasteiger partial charge in [0.2, 0.25) is 0 Å². The van der Waals surface area contributed by atoms with E-state index in [0.717, 1.165) is 6.92 Å². The van der Waals surface area contributed by atoms with Gasteiger partial charge in [-0.05, 0) is 18.6 Å². The molecule has 0 amide bonds. The first-order valence-electron chi connectivity index (χ1n) is 4.73. The molecule has 1 aromatic carbocycles. The maximum Gasteiger partial charge on any atom is 0.338 e. The Morgan fingerprint density at radius 2 is 2.06 bits per heavy atom. The molecule has 1 rings (SSSR count). The van der Waals surface area contributed by atoms with Gasteiger partial charge in [0.25, 0.3) is 0 Å². The van der Waals surface area contributed by atoms with E-state index < -0.39 is 17.7 Å². The van der Waals surface area contributed by atoms with E-state index in [2.05, 4.69) is 0 Å². The summed E-state index contributed by atoms with van der Waals surface area (Å²) in [6.45, 7) is 1.05. The predicted octanol–water partition coefficient (Wildman–Crippen LogP) is 1.08. The van der Waals surface area contributed by atoms with Gasteiger partial charge >= 0.3 is 5.97 Å². The smallest absolute Gasteiger partial charge is 0.338 e. The average molecular weight is 245 g/mol. The van der Waals surface area contributed by atoms with Crippen molar-refractivity contribution in [1.29, 1.82) is 0 Å². The van der Waals surface area contributed by atoms with Crippen LogP contribution in [0.25, 0.3) is 0 Å². The molecule has 0 radical (unpaired) electrons. The van der Waals surface area contributed by atoms with Crippen LogP contribution in [0, 0.1) is 0 Å². The first-order chi connectivity index (χ1) is 7.35. The fraction of sp³-hybridized carbons (Fsp3) is 0.364. The molecule has 0 spiro atoms. The molecule has 5 heteroatoms. The molecule has 0 fully saturated rings. The van der Waals surface area contributed by atoms with E-state index in [0.29, 0.717) is 10.6 Å². The van der Waals surface area contributed by atoms with Crippen molar-refractivity contribution < 1.29 is 20.1 Å². The number of carboxylic acid groups (broad SMARTS) is 1. The highest BCUT2D eigenvalue weighted by Gasteiger charge is 2.38. The SMILES string of the molecule is C[C@@](O)(C(=O)O)[C@H](O)Cc1ccccc1Cl. The van der Waals surface area contributed by atoms with E-state index >= 15 is 0 Å². The Kier molecular flexibility index (Phi) is 3.91. The quantitative estimate of drug-likeness (QED) is 0.741. The lowest BCUT2D eigenvalue weighted by Gasteiger charge is -2.24. The summed E-state index contributed by atoms with van der Waals surface area (Å²) in [6, 6.07) is 6.76. The summed E-state index contributed by atoms with van der Waals surface area (Å²) in [5.74, 6) is -1.47. The molecular formula is C11H13ClO4. The van der Waals surface area contributed by atoms with Crippen molar-refractivity contribution in [3.05, 3.63) is 34.9 Å². The van der Waals surface area contributed by atoms with Gasteiger partial charge in [-0.2, -0.15) is 0 Å². The Hall–Kier alpha value is -1.10. The standard InChI is InChI=1S/C11H13ClO4/c1-11(16,10(14)15)9(13)6-7-4-2-3-5-8(7)12/h2-5,9,13,16H,6H2,1H3,(H,14,15)/t9-,11+/m1/s1. The van der Waals surface area contributed by atoms with Crippen LogP contribution < -0.4 is 0 Å². The molecular weight excluding hydrogens is 232 g/mol. The molecule has 88 valence electrons. The third-order valence-electron chi connectivity index (χ3n) is 2.45. The molecule has 1 aromatic rings. The van der Waals surface area contributed by atoms with Crippen LogP contribution in [0.5, 0.6) is 0 Å². The summed E-state index contributed by atoms with van der Waals surface area (Å²) in [5, 5.41) is 28.3. The van der Waals surface area contributed by atoms with Gasteiger partial charge in [0.1, 0.15) is 0 Å². The molecule has 0 unspecified atom stereocenters. The second kappa shape index (κ2) is 4.82. The summed E-state index contributed by atoms with van der Waals surface area (Å²) in [6.07, 6.45) is -1.43. The fourth-order valence-corrected chi connectivity index (χ4v) is 1.43. The molecule has 16 heavy (non-hydrogen) atoms. The first kappa shape index (κ1) is 13.0. The molecule has 0 saturated heterocycles. The number of aliphatic hydroxyl groups is 2. The summed E-state index contributed by atoms with van der Waals surface area (Å²) >= 11 is 5.86. The van der Waals surface area contributed by atoms with E-state index in [9.17, 15) is 15.0 Å². The molecule has 0 aromatic heterocycles. The van der Waals surface area contributed by atoms with Gasteiger partial charge in [-0.1, -0.05) is 29.8 Å². The van der Waals surface area contributed by atoms with Crippen molar-refractivity contribution in [2.75, 3.05) is 0 Å². The van der Waals surface area contributed by atoms with Gasteiger partial charge in [-0.25, -0.2) is 4.79 Å². The number of aliphatic hydroxyl groups excluding tert-OH is 1. The number of benzene rings is 1. The van der Waals surface area contributed by atoms with Gasteiger partial charge in [-0.15, -0.1) is 0 Å². The van der Waals surface area contributed by atoms with E-state index in [1.165, 1.54) is 0 Å². The molecule has 3 N–H and O–H groups in total. The van der Waals surface area contributed by atoms with Crippen LogP contribution in [0.2, 0.25) is 5.02 Å². The molecule has 0 heterocycles. The molecule has 0 saturated carbocycles. The maximum atomic E-state index is 10.7. The van der Waals surface area contributed by atoms with Gasteiger partial charge in [-0.3, -0.25) is 0 Å². The Morgan fingerprint density at radius 1 is 1.50 bits per heavy atom. The zero-order valence-corrected chi connectivity index (χ0v) is 9.48. The summed E-state index contributed by atoms with van der Waals surface area (Å²) in [7, 11) is 0. The Labute approximate surface area is 98.1 Å². The fourth-order valence-electron chi connectivity index (χ4n) is 1.21. The zero-order valence-electron chi connectivity index (χ0n) is 8.72. The molecule has 0 aliphatic carbocycles. The largest absolute Gasteiger partial charge is 0.479 e. The van der Waals surface area contributed by atoms with Gasteiger partial charge in [0, 0.05) is 11.4 Å². The van der Waals surface area contributed by atoms with Gasteiger partial charge in [0.15, 0.2) is 5.60 Å². The number of aliphatic carboxylic acids is 1. The normalized spacial score (nSPS) is 16.5. The lowest BCUT2D eigenvalue weighted by atomic mass is 9.93. The van der Waals surface area contributed by atoms with Crippen LogP contribution in [0.1, 0.15) is 12.5 Å². The van der Waals surface area contributed by atoms with Crippen LogP contribution in [0.3, 0.4) is 0 Å². The van der Waals surface area contributed by atoms with Crippen molar-refractivity contribution in [2.24, 2.45) is 0 Å². The van der Waals surface area contributed by atoms with Crippen LogP contribution in [-0.2, 0) is 11.2 Å². The minimum Gasteiger partial charge on any atom is -0.479 e. The monoisotopic (exact) mass is 244 g/mol. The number of hydrogen-bond acceptors (Lipinski definition) is 3. The number of carbonyl (C=O) groups is 1. The Balaban J connectivity index is 2.83. The first-order valence-corrected chi connectivity index (χ1v) is 5.10. The van der Waals surface area contributed by atoms with Crippen molar-refractivity contribution in [2.45, 2.75) is 25.0 Å². The molecule has 0 bridgehead atoms. The minimum absolute atomic E-state index is 0.0149. The number of hydrogen-bond donors (Lipinski definition) is 3. The second-order valence-electron chi connectivity index (χ2n) is 3.76. The lowest BCUT2D eigenvalue weighted by Crippen LogP contribution is -2.47. The summed E-state index contributed by atoms with van der Waals surface area (Å²) in [4.78, 5) is 10.7. The van der Waals surface area contributed by atoms with Crippen molar-refractivity contribution in [3.63, 3.8) is 0 Å². The average Bonchev–Trinajstić information content (AvgIpc) is 2.21. The van der Waals surface area contributed by atoms with Gasteiger partial charge < -0.3 is 15.3 Å². The number of carboxylic acids is 1. The molecule has 2 atom stereocenters. The van der Waals surface area contributed by atoms with Crippen molar-refractivity contribution in [3.8, 4) is 0 Å². The Bertz CT molecular complexity index is 389. The second-order valence-corrected chi connectivity index (χ2v) is 4.17. The third kappa shape index (κ3) is 2.72. The van der Waals surface area contributed by atoms with Crippen molar-refractivity contribution >= 4 is 17.6 Å². The van der Waals surface area contributed by atoms with E-state index in [1.807, 2.05) is 0 Å². The molecule has 0 aliphatic heterocycles. The van der Waals surface area contributed by atoms with E-state index in [-0.39, 0.29) is 6.42 Å². The Morgan fingerprint density at radius 3 is 2.56 bits per heavy atom. The third-order valence-corrected chi connectivity index (χ3v) is 2.82. The maximum absolute atomic E-state index is 10.7. The highest BCUT2D eigenvalue weighted by Crippen LogP contribution is 2.21. The summed E-state index contributed by atoms with van der Waals surface area (Å²) in [5.41, 5.74) is -1.59. The van der Waals surface area contributed by atoms with Crippen LogP contribution in [0.15, 0.2) is 24.3 Å². The number of halogens is 1. The number of rotatable bonds is 4. The highest BCUT2D eigenvalue weighted by atomic mass is 35.5. The molecule has 4 nitrogen and oxygen atoms in total. The van der Waals surface area contributed by atoms with E-state index in [1.54, 1.807) is 24.3 Å². The minimum atomic E-state index is -2.18. The van der Waals surface area contributed by atoms with Gasteiger partial charge in [0.05, 0.1) is 6.10 Å². The zero-order chi connectivity index (χ0) is 12.3.